The molecule has 0 fully saturated rings. The van der Waals surface area contributed by atoms with E-state index in [1.165, 1.54) is 23.5 Å². The Labute approximate surface area is 173 Å². The van der Waals surface area contributed by atoms with Gasteiger partial charge in [-0.05, 0) is 18.2 Å². The van der Waals surface area contributed by atoms with Crippen LogP contribution in [0.25, 0.3) is 10.7 Å². The summed E-state index contributed by atoms with van der Waals surface area (Å²) in [6.07, 6.45) is 1.66. The maximum Gasteiger partial charge on any atom is 0.282 e. The van der Waals surface area contributed by atoms with Gasteiger partial charge in [0, 0.05) is 17.6 Å². The van der Waals surface area contributed by atoms with Crippen LogP contribution in [-0.4, -0.2) is 44.1 Å². The van der Waals surface area contributed by atoms with E-state index >= 15 is 0 Å². The number of thiazole rings is 1. The van der Waals surface area contributed by atoms with E-state index in [4.69, 9.17) is 0 Å². The molecule has 3 heterocycles. The Hall–Kier alpha value is -3.99. The van der Waals surface area contributed by atoms with Gasteiger partial charge in [-0.15, -0.1) is 11.3 Å². The molecule has 0 spiro atoms. The van der Waals surface area contributed by atoms with Crippen LogP contribution in [0.5, 0.6) is 0 Å². The van der Waals surface area contributed by atoms with Gasteiger partial charge in [-0.1, -0.05) is 12.1 Å². The maximum atomic E-state index is 12.5. The highest BCUT2D eigenvalue weighted by Crippen LogP contribution is 2.30. The molecule has 0 atom stereocenters. The molecule has 2 aromatic heterocycles. The van der Waals surface area contributed by atoms with Crippen LogP contribution in [-0.2, 0) is 11.3 Å². The van der Waals surface area contributed by atoms with Gasteiger partial charge in [0.2, 0.25) is 5.91 Å². The monoisotopic (exact) mass is 423 g/mol. The number of hydrogen-bond acceptors (Lipinski definition) is 8. The minimum absolute atomic E-state index is 0.0819. The predicted molar refractivity (Wildman–Crippen MR) is 106 cm³/mol. The molecular formula is C19H13N5O5S. The van der Waals surface area contributed by atoms with Gasteiger partial charge >= 0.3 is 0 Å². The molecule has 0 saturated carbocycles. The number of nitro benzene ring substituents is 1. The molecule has 4 rings (SSSR count). The molecule has 3 amide bonds. The van der Waals surface area contributed by atoms with Crippen LogP contribution in [0.2, 0.25) is 0 Å². The third-order valence-corrected chi connectivity index (χ3v) is 5.29. The topological polar surface area (TPSA) is 135 Å². The zero-order chi connectivity index (χ0) is 21.3. The lowest BCUT2D eigenvalue weighted by atomic mass is 10.1. The number of amides is 3. The van der Waals surface area contributed by atoms with Crippen LogP contribution in [0.15, 0.2) is 48.0 Å². The number of nitrogens with one attached hydrogen (secondary N) is 1. The summed E-state index contributed by atoms with van der Waals surface area (Å²) in [5.74, 6) is -2.18. The molecule has 10 nitrogen and oxygen atoms in total. The lowest BCUT2D eigenvalue weighted by molar-refractivity contribution is -0.385. The Balaban J connectivity index is 1.41. The average molecular weight is 423 g/mol. The van der Waals surface area contributed by atoms with Crippen LogP contribution in [0, 0.1) is 10.1 Å². The Bertz CT molecular complexity index is 1180. The second-order valence-electron chi connectivity index (χ2n) is 6.29. The molecule has 0 bridgehead atoms. The highest BCUT2D eigenvalue weighted by molar-refractivity contribution is 7.13. The summed E-state index contributed by atoms with van der Waals surface area (Å²) in [5.41, 5.74) is 0.485. The van der Waals surface area contributed by atoms with E-state index in [0.717, 1.165) is 6.07 Å². The number of benzene rings is 1. The molecule has 0 unspecified atom stereocenters. The second kappa shape index (κ2) is 7.79. The van der Waals surface area contributed by atoms with Gasteiger partial charge in [0.1, 0.15) is 17.1 Å². The number of nitrogens with zero attached hydrogens (tertiary/aromatic N) is 4. The van der Waals surface area contributed by atoms with Gasteiger partial charge in [0.25, 0.3) is 17.5 Å². The van der Waals surface area contributed by atoms with Crippen LogP contribution in [0.4, 0.5) is 5.69 Å². The molecule has 11 heteroatoms. The summed E-state index contributed by atoms with van der Waals surface area (Å²) in [5, 5.41) is 16.2. The van der Waals surface area contributed by atoms with E-state index in [0.29, 0.717) is 21.3 Å². The van der Waals surface area contributed by atoms with Crippen LogP contribution in [0.1, 0.15) is 26.4 Å². The van der Waals surface area contributed by atoms with Gasteiger partial charge in [-0.2, -0.15) is 0 Å². The Morgan fingerprint density at radius 2 is 2.00 bits per heavy atom. The van der Waals surface area contributed by atoms with Crippen LogP contribution in [0.3, 0.4) is 0 Å². The van der Waals surface area contributed by atoms with Crippen molar-refractivity contribution in [3.63, 3.8) is 0 Å². The van der Waals surface area contributed by atoms with Gasteiger partial charge in [-0.3, -0.25) is 34.4 Å². The van der Waals surface area contributed by atoms with Gasteiger partial charge in [0.05, 0.1) is 28.4 Å². The fraction of sp³-hybridized carbons (Fsp3) is 0.105. The van der Waals surface area contributed by atoms with Crippen molar-refractivity contribution in [2.75, 3.05) is 6.54 Å². The number of rotatable bonds is 6. The third kappa shape index (κ3) is 3.53. The van der Waals surface area contributed by atoms with Crippen LogP contribution < -0.4 is 5.32 Å². The van der Waals surface area contributed by atoms with Gasteiger partial charge in [-0.25, -0.2) is 4.98 Å². The Kier molecular flexibility index (Phi) is 5.02. The molecule has 1 aliphatic heterocycles. The van der Waals surface area contributed by atoms with Crippen molar-refractivity contribution in [3.8, 4) is 10.7 Å². The molecular weight excluding hydrogens is 410 g/mol. The van der Waals surface area contributed by atoms with Crippen molar-refractivity contribution in [2.45, 2.75) is 6.54 Å². The molecule has 1 aromatic carbocycles. The first-order valence-corrected chi connectivity index (χ1v) is 9.60. The lowest BCUT2D eigenvalue weighted by Crippen LogP contribution is -2.40. The van der Waals surface area contributed by atoms with E-state index in [-0.39, 0.29) is 17.7 Å². The van der Waals surface area contributed by atoms with E-state index < -0.39 is 34.9 Å². The summed E-state index contributed by atoms with van der Waals surface area (Å²) in [4.78, 5) is 56.9. The van der Waals surface area contributed by atoms with Crippen molar-refractivity contribution in [1.82, 2.24) is 20.2 Å². The van der Waals surface area contributed by atoms with Crippen molar-refractivity contribution >= 4 is 34.7 Å². The first-order valence-electron chi connectivity index (χ1n) is 8.72. The summed E-state index contributed by atoms with van der Waals surface area (Å²) in [7, 11) is 0. The normalized spacial score (nSPS) is 12.7. The standard InChI is InChI=1S/C19H13N5O5S/c25-15(21-8-11-10-30-17(22-11)13-5-1-2-7-20-13)9-23-18(26)12-4-3-6-14(24(28)29)16(12)19(23)27/h1-7,10H,8-9H2,(H,21,25). The number of pyridine rings is 1. The Morgan fingerprint density at radius 1 is 1.17 bits per heavy atom. The quantitative estimate of drug-likeness (QED) is 0.364. The number of hydrogen-bond donors (Lipinski definition) is 1. The SMILES string of the molecule is O=C(CN1C(=O)c2cccc([N+](=O)[O-])c2C1=O)NCc1csc(-c2ccccn2)n1. The average Bonchev–Trinajstić information content (AvgIpc) is 3.32. The number of fused-ring (bicyclic) bond motifs is 1. The second-order valence-corrected chi connectivity index (χ2v) is 7.15. The fourth-order valence-corrected chi connectivity index (χ4v) is 3.79. The van der Waals surface area contributed by atoms with Crippen LogP contribution >= 0.6 is 11.3 Å². The van der Waals surface area contributed by atoms with Crippen molar-refractivity contribution in [3.05, 3.63) is 74.9 Å². The van der Waals surface area contributed by atoms with E-state index in [1.54, 1.807) is 17.6 Å². The molecule has 3 aromatic rings. The highest BCUT2D eigenvalue weighted by Gasteiger charge is 2.41. The number of carbonyl (C=O) groups excluding carboxylic acids is 3. The van der Waals surface area contributed by atoms with E-state index in [9.17, 15) is 24.5 Å². The smallest absolute Gasteiger partial charge is 0.282 e. The molecule has 30 heavy (non-hydrogen) atoms. The maximum absolute atomic E-state index is 12.5. The minimum Gasteiger partial charge on any atom is -0.349 e. The molecule has 1 N–H and O–H groups in total. The first-order chi connectivity index (χ1) is 14.5. The van der Waals surface area contributed by atoms with E-state index in [2.05, 4.69) is 15.3 Å². The largest absolute Gasteiger partial charge is 0.349 e. The summed E-state index contributed by atoms with van der Waals surface area (Å²) < 4.78 is 0. The number of aromatic nitrogens is 2. The number of nitro groups is 1. The van der Waals surface area contributed by atoms with E-state index in [1.807, 2.05) is 12.1 Å². The molecule has 150 valence electrons. The van der Waals surface area contributed by atoms with Crippen molar-refractivity contribution < 1.29 is 19.3 Å². The summed E-state index contributed by atoms with van der Waals surface area (Å²) >= 11 is 1.38. The molecule has 0 aliphatic carbocycles. The minimum atomic E-state index is -0.858. The molecule has 1 aliphatic rings. The van der Waals surface area contributed by atoms with Gasteiger partial charge < -0.3 is 5.32 Å². The highest BCUT2D eigenvalue weighted by atomic mass is 32.1. The molecule has 0 radical (unpaired) electrons. The Morgan fingerprint density at radius 3 is 2.73 bits per heavy atom. The zero-order valence-electron chi connectivity index (χ0n) is 15.3. The lowest BCUT2D eigenvalue weighted by Gasteiger charge is -2.13. The predicted octanol–water partition coefficient (Wildman–Crippen LogP) is 2.03. The number of carbonyl (C=O) groups is 3. The summed E-state index contributed by atoms with van der Waals surface area (Å²) in [6.45, 7) is -0.438. The third-order valence-electron chi connectivity index (χ3n) is 4.38. The van der Waals surface area contributed by atoms with Crippen molar-refractivity contribution in [2.24, 2.45) is 0 Å². The fourth-order valence-electron chi connectivity index (χ4n) is 3.00. The first kappa shape index (κ1) is 19.3. The number of imide groups is 1. The molecule has 0 saturated heterocycles. The van der Waals surface area contributed by atoms with Crippen molar-refractivity contribution in [1.29, 1.82) is 0 Å². The zero-order valence-corrected chi connectivity index (χ0v) is 16.1. The summed E-state index contributed by atoms with van der Waals surface area (Å²) in [6, 6.07) is 9.27. The van der Waals surface area contributed by atoms with Gasteiger partial charge in [0.15, 0.2) is 0 Å².